The Hall–Kier alpha value is -5.09. The molecule has 5 aliphatic carbocycles. The minimum absolute atomic E-state index is 0.00554. The maximum absolute atomic E-state index is 13.2. The summed E-state index contributed by atoms with van der Waals surface area (Å²) in [5.41, 5.74) is 1.38. The number of aromatic carboxylic acids is 1. The number of benzene rings is 3. The molecule has 4 saturated carbocycles. The predicted octanol–water partition coefficient (Wildman–Crippen LogP) is 7.37. The molecular formula is C51H63N3O11S. The molecule has 8 rings (SSSR count). The molecule has 2 aromatic rings. The maximum Gasteiger partial charge on any atom is 0.336 e. The van der Waals surface area contributed by atoms with E-state index in [9.17, 15) is 49.8 Å². The Kier molecular flexibility index (Phi) is 13.6. The lowest BCUT2D eigenvalue weighted by molar-refractivity contribution is -0.207. The van der Waals surface area contributed by atoms with Crippen LogP contribution in [0.25, 0.3) is 33.4 Å². The van der Waals surface area contributed by atoms with Crippen LogP contribution in [-0.4, -0.2) is 84.5 Å². The van der Waals surface area contributed by atoms with E-state index in [2.05, 4.69) is 36.7 Å². The van der Waals surface area contributed by atoms with E-state index in [0.717, 1.165) is 25.7 Å². The van der Waals surface area contributed by atoms with Crippen LogP contribution in [0.5, 0.6) is 5.75 Å². The number of phenolic OH excluding ortho intramolecular Hbond substituents is 1. The summed E-state index contributed by atoms with van der Waals surface area (Å²) in [6.45, 7) is 7.04. The number of hydrogen-bond acceptors (Lipinski definition) is 10. The molecule has 12 atom stereocenters. The summed E-state index contributed by atoms with van der Waals surface area (Å²) in [5.74, 6) is -1.43. The Morgan fingerprint density at radius 1 is 0.894 bits per heavy atom. The van der Waals surface area contributed by atoms with Crippen LogP contribution in [-0.2, 0) is 9.59 Å². The van der Waals surface area contributed by atoms with Gasteiger partial charge in [0.1, 0.15) is 23.1 Å². The van der Waals surface area contributed by atoms with Gasteiger partial charge in [0.2, 0.25) is 5.91 Å². The van der Waals surface area contributed by atoms with Gasteiger partial charge in [-0.2, -0.15) is 0 Å². The molecule has 14 nitrogen and oxygen atoms in total. The number of hydrogen-bond donors (Lipinski definition) is 9. The van der Waals surface area contributed by atoms with Crippen LogP contribution in [0.1, 0.15) is 108 Å². The molecule has 0 saturated heterocycles. The number of fused-ring (bicyclic) bond motifs is 7. The Balaban J connectivity index is 0.814. The number of amides is 1. The number of aromatic hydroxyl groups is 1. The van der Waals surface area contributed by atoms with Gasteiger partial charge in [0.25, 0.3) is 0 Å². The molecule has 66 heavy (non-hydrogen) atoms. The van der Waals surface area contributed by atoms with E-state index >= 15 is 0 Å². The highest BCUT2D eigenvalue weighted by Crippen LogP contribution is 2.68. The third-order valence-electron chi connectivity index (χ3n) is 16.6. The molecule has 354 valence electrons. The molecule has 15 heteroatoms. The number of aliphatic carboxylic acids is 1. The first-order valence-corrected chi connectivity index (χ1v) is 24.0. The molecule has 1 amide bonds. The summed E-state index contributed by atoms with van der Waals surface area (Å²) in [7, 11) is 0. The van der Waals surface area contributed by atoms with Crippen LogP contribution >= 0.6 is 12.2 Å². The van der Waals surface area contributed by atoms with Gasteiger partial charge in [-0.15, -0.1) is 0 Å². The normalized spacial score (nSPS) is 30.1. The van der Waals surface area contributed by atoms with Crippen molar-refractivity contribution in [3.8, 4) is 28.2 Å². The maximum atomic E-state index is 13.2. The third-order valence-corrected chi connectivity index (χ3v) is 16.9. The number of unbranched alkanes of at least 4 members (excludes halogenated alkanes) is 1. The standard InChI is InChI=1S/C51H63N3O11S/c1-26(36-14-15-37-46-38(25-43(59)51(36,37)3)50(2)18-17-31(57)20-27(50)21-40(46)58)7-16-44(60)54-39(48(63)64)6-4-5-19-52-49(66)53-28-8-11-32(35(22-28)47(61)62)45-33-12-9-29(55)23-41(33)65-42-24-30(56)10-13-34(42)45/h8-13,22-24,26-27,31,36-40,43,46,55,57-59H,4-7,14-21,25H2,1-3H3,(H,54,60)(H,61,62)(H,63,64)(H2,52,53,66)/t26-,27+,31-,36-,37?,38+,39-,40-,43+,46+,50+,51-/m1/s1. The SMILES string of the molecule is C[C@H](CCC(=O)N[C@H](CCCCNC(=S)Nc1ccc(-c2c3ccc(=O)cc-3oc3cc(O)ccc23)c(C(=O)O)c1)C(=O)O)[C@H]1CCC2[C@@H]3[C@H](O)C[C@@H]4C[C@H](O)CC[C@]4(C)[C@H]3C[C@H](O)[C@@]21C. The second-order valence-corrected chi connectivity index (χ2v) is 20.7. The summed E-state index contributed by atoms with van der Waals surface area (Å²) in [6, 6.07) is 12.5. The molecule has 0 aromatic heterocycles. The number of aliphatic hydroxyl groups excluding tert-OH is 3. The fourth-order valence-electron chi connectivity index (χ4n) is 13.2. The van der Waals surface area contributed by atoms with Gasteiger partial charge < -0.3 is 51.0 Å². The smallest absolute Gasteiger partial charge is 0.336 e. The lowest BCUT2D eigenvalue weighted by Crippen LogP contribution is -2.62. The first-order valence-electron chi connectivity index (χ1n) is 23.6. The van der Waals surface area contributed by atoms with Crippen LogP contribution in [0.15, 0.2) is 63.8 Å². The number of aliphatic hydroxyl groups is 3. The van der Waals surface area contributed by atoms with Gasteiger partial charge >= 0.3 is 11.9 Å². The quantitative estimate of drug-likeness (QED) is 0.0341. The van der Waals surface area contributed by atoms with E-state index in [1.807, 2.05) is 0 Å². The van der Waals surface area contributed by atoms with E-state index in [1.165, 1.54) is 30.3 Å². The molecule has 4 fully saturated rings. The number of thiocarbonyl (C=S) groups is 1. The van der Waals surface area contributed by atoms with E-state index in [0.29, 0.717) is 72.8 Å². The van der Waals surface area contributed by atoms with Gasteiger partial charge in [0.15, 0.2) is 10.5 Å². The van der Waals surface area contributed by atoms with Crippen molar-refractivity contribution in [1.29, 1.82) is 0 Å². The number of carbonyl (C=O) groups is 3. The first-order chi connectivity index (χ1) is 31.4. The number of carboxylic acids is 2. The highest BCUT2D eigenvalue weighted by Gasteiger charge is 2.65. The van der Waals surface area contributed by atoms with Gasteiger partial charge in [-0.1, -0.05) is 26.8 Å². The predicted molar refractivity (Wildman–Crippen MR) is 253 cm³/mol. The van der Waals surface area contributed by atoms with Crippen molar-refractivity contribution in [1.82, 2.24) is 10.6 Å². The summed E-state index contributed by atoms with van der Waals surface area (Å²) in [4.78, 5) is 50.2. The highest BCUT2D eigenvalue weighted by atomic mass is 32.1. The second-order valence-electron chi connectivity index (χ2n) is 20.3. The van der Waals surface area contributed by atoms with Crippen molar-refractivity contribution in [3.05, 3.63) is 70.4 Å². The Bertz CT molecular complexity index is 2530. The number of carboxylic acid groups (broad SMARTS) is 2. The molecule has 1 aliphatic heterocycles. The van der Waals surface area contributed by atoms with Crippen LogP contribution in [0, 0.1) is 46.3 Å². The van der Waals surface area contributed by atoms with Gasteiger partial charge in [0, 0.05) is 47.3 Å². The van der Waals surface area contributed by atoms with E-state index in [-0.39, 0.29) is 104 Å². The van der Waals surface area contributed by atoms with Crippen LogP contribution < -0.4 is 21.4 Å². The van der Waals surface area contributed by atoms with Gasteiger partial charge in [-0.05, 0) is 171 Å². The fourth-order valence-corrected chi connectivity index (χ4v) is 13.5. The molecule has 0 bridgehead atoms. The minimum Gasteiger partial charge on any atom is -0.508 e. The Morgan fingerprint density at radius 3 is 2.42 bits per heavy atom. The molecule has 1 heterocycles. The largest absolute Gasteiger partial charge is 0.508 e. The summed E-state index contributed by atoms with van der Waals surface area (Å²) >= 11 is 5.50. The zero-order chi connectivity index (χ0) is 47.2. The molecule has 1 unspecified atom stereocenters. The second kappa shape index (κ2) is 18.9. The van der Waals surface area contributed by atoms with Gasteiger partial charge in [0.05, 0.1) is 23.9 Å². The minimum atomic E-state index is -1.20. The molecular weight excluding hydrogens is 863 g/mol. The van der Waals surface area contributed by atoms with Crippen molar-refractivity contribution in [2.75, 3.05) is 11.9 Å². The van der Waals surface area contributed by atoms with E-state index in [1.54, 1.807) is 24.3 Å². The summed E-state index contributed by atoms with van der Waals surface area (Å²) < 4.78 is 5.91. The number of carbonyl (C=O) groups excluding carboxylic acids is 1. The van der Waals surface area contributed by atoms with Crippen LogP contribution in [0.2, 0.25) is 0 Å². The van der Waals surface area contributed by atoms with E-state index < -0.39 is 30.2 Å². The van der Waals surface area contributed by atoms with E-state index in [4.69, 9.17) is 16.6 Å². The van der Waals surface area contributed by atoms with Crippen molar-refractivity contribution in [2.45, 2.75) is 122 Å². The van der Waals surface area contributed by atoms with Gasteiger partial charge in [-0.25, -0.2) is 9.59 Å². The van der Waals surface area contributed by atoms with Gasteiger partial charge in [-0.3, -0.25) is 9.59 Å². The lowest BCUT2D eigenvalue weighted by atomic mass is 9.43. The zero-order valence-electron chi connectivity index (χ0n) is 37.8. The van der Waals surface area contributed by atoms with Crippen LogP contribution in [0.4, 0.5) is 5.69 Å². The average Bonchev–Trinajstić information content (AvgIpc) is 3.63. The number of rotatable bonds is 14. The summed E-state index contributed by atoms with van der Waals surface area (Å²) in [6.07, 6.45) is 6.24. The molecule has 0 radical (unpaired) electrons. The van der Waals surface area contributed by atoms with Crippen molar-refractivity contribution in [2.24, 2.45) is 46.3 Å². The topological polar surface area (TPSA) is 239 Å². The molecule has 2 aromatic carbocycles. The highest BCUT2D eigenvalue weighted by molar-refractivity contribution is 7.80. The molecule has 9 N–H and O–H groups in total. The van der Waals surface area contributed by atoms with Crippen molar-refractivity contribution < 1.29 is 49.4 Å². The van der Waals surface area contributed by atoms with Crippen molar-refractivity contribution in [3.63, 3.8) is 0 Å². The molecule has 6 aliphatic rings. The number of nitrogens with one attached hydrogen (secondary N) is 3. The Morgan fingerprint density at radius 2 is 1.67 bits per heavy atom. The number of anilines is 1. The third kappa shape index (κ3) is 9.03. The van der Waals surface area contributed by atoms with Crippen LogP contribution in [0.3, 0.4) is 0 Å². The Labute approximate surface area is 389 Å². The first kappa shape index (κ1) is 47.4. The average molecular weight is 926 g/mol. The lowest BCUT2D eigenvalue weighted by Gasteiger charge is -2.63. The van der Waals surface area contributed by atoms with Crippen molar-refractivity contribution >= 4 is 51.8 Å². The fraction of sp³-hybridized carbons (Fsp3) is 0.549. The summed E-state index contributed by atoms with van der Waals surface area (Å²) in [5, 5.41) is 74.0. The number of phenols is 1. The zero-order valence-corrected chi connectivity index (χ0v) is 38.6. The monoisotopic (exact) mass is 925 g/mol. The molecule has 0 spiro atoms.